The van der Waals surface area contributed by atoms with E-state index in [2.05, 4.69) is 20.4 Å². The molecule has 0 unspecified atom stereocenters. The molecule has 0 spiro atoms. The van der Waals surface area contributed by atoms with Crippen molar-refractivity contribution in [2.24, 2.45) is 0 Å². The Balaban J connectivity index is 1.28. The quantitative estimate of drug-likeness (QED) is 0.554. The molecule has 4 aromatic rings. The maximum absolute atomic E-state index is 13.0. The molecule has 0 atom stereocenters. The van der Waals surface area contributed by atoms with Crippen molar-refractivity contribution in [3.63, 3.8) is 0 Å². The summed E-state index contributed by atoms with van der Waals surface area (Å²) in [5.74, 6) is 1.16. The van der Waals surface area contributed by atoms with Crippen LogP contribution in [-0.2, 0) is 0 Å². The minimum absolute atomic E-state index is 0.195. The van der Waals surface area contributed by atoms with Crippen molar-refractivity contribution in [3.05, 3.63) is 72.5 Å². The average Bonchev–Trinajstić information content (AvgIpc) is 3.24. The van der Waals surface area contributed by atoms with Crippen LogP contribution < -0.4 is 10.2 Å². The minimum atomic E-state index is -0.334. The van der Waals surface area contributed by atoms with E-state index >= 15 is 0 Å². The monoisotopic (exact) mass is 417 g/mol. The SMILES string of the molecule is O=C(Nc1ccc(F)cc1)N1CCN(c2ccc3nnc(-c4ccccc4)n3n2)CC1. The molecule has 3 heterocycles. The van der Waals surface area contributed by atoms with E-state index in [9.17, 15) is 9.18 Å². The highest BCUT2D eigenvalue weighted by atomic mass is 19.1. The normalized spacial score (nSPS) is 14.1. The van der Waals surface area contributed by atoms with Crippen LogP contribution in [0.25, 0.3) is 17.0 Å². The smallest absolute Gasteiger partial charge is 0.321 e. The average molecular weight is 417 g/mol. The number of rotatable bonds is 3. The second kappa shape index (κ2) is 8.02. The van der Waals surface area contributed by atoms with Crippen molar-refractivity contribution in [2.75, 3.05) is 36.4 Å². The zero-order valence-corrected chi connectivity index (χ0v) is 16.6. The summed E-state index contributed by atoms with van der Waals surface area (Å²) in [4.78, 5) is 16.4. The molecule has 1 aliphatic rings. The number of anilines is 2. The van der Waals surface area contributed by atoms with Gasteiger partial charge in [0.05, 0.1) is 0 Å². The van der Waals surface area contributed by atoms with E-state index in [0.717, 1.165) is 11.4 Å². The largest absolute Gasteiger partial charge is 0.352 e. The number of urea groups is 1. The van der Waals surface area contributed by atoms with E-state index in [-0.39, 0.29) is 11.8 Å². The van der Waals surface area contributed by atoms with Crippen molar-refractivity contribution < 1.29 is 9.18 Å². The van der Waals surface area contributed by atoms with Crippen LogP contribution in [0, 0.1) is 5.82 Å². The zero-order valence-electron chi connectivity index (χ0n) is 16.6. The topological polar surface area (TPSA) is 78.7 Å². The summed E-state index contributed by atoms with van der Waals surface area (Å²) in [6, 6.07) is 19.2. The number of nitrogens with one attached hydrogen (secondary N) is 1. The van der Waals surface area contributed by atoms with E-state index in [1.165, 1.54) is 12.1 Å². The number of fused-ring (bicyclic) bond motifs is 1. The van der Waals surface area contributed by atoms with E-state index in [0.29, 0.717) is 43.3 Å². The summed E-state index contributed by atoms with van der Waals surface area (Å²) >= 11 is 0. The van der Waals surface area contributed by atoms with Crippen molar-refractivity contribution in [1.29, 1.82) is 0 Å². The molecule has 2 amide bonds. The number of aromatic nitrogens is 4. The van der Waals surface area contributed by atoms with Crippen LogP contribution in [0.3, 0.4) is 0 Å². The van der Waals surface area contributed by atoms with Gasteiger partial charge in [-0.15, -0.1) is 15.3 Å². The van der Waals surface area contributed by atoms with Gasteiger partial charge in [0.1, 0.15) is 11.6 Å². The fourth-order valence-electron chi connectivity index (χ4n) is 3.59. The molecular weight excluding hydrogens is 397 g/mol. The van der Waals surface area contributed by atoms with Crippen LogP contribution in [-0.4, -0.2) is 56.9 Å². The van der Waals surface area contributed by atoms with E-state index in [4.69, 9.17) is 5.10 Å². The van der Waals surface area contributed by atoms with Crippen molar-refractivity contribution in [1.82, 2.24) is 24.7 Å². The number of benzene rings is 2. The van der Waals surface area contributed by atoms with Gasteiger partial charge >= 0.3 is 6.03 Å². The van der Waals surface area contributed by atoms with Crippen LogP contribution in [0.1, 0.15) is 0 Å². The van der Waals surface area contributed by atoms with Gasteiger partial charge in [0.15, 0.2) is 11.5 Å². The Morgan fingerprint density at radius 1 is 0.871 bits per heavy atom. The van der Waals surface area contributed by atoms with Crippen molar-refractivity contribution >= 4 is 23.2 Å². The third-order valence-electron chi connectivity index (χ3n) is 5.27. The summed E-state index contributed by atoms with van der Waals surface area (Å²) in [6.07, 6.45) is 0. The molecule has 1 N–H and O–H groups in total. The predicted octanol–water partition coefficient (Wildman–Crippen LogP) is 3.28. The molecule has 1 saturated heterocycles. The van der Waals surface area contributed by atoms with Gasteiger partial charge in [-0.25, -0.2) is 9.18 Å². The highest BCUT2D eigenvalue weighted by molar-refractivity contribution is 5.89. The highest BCUT2D eigenvalue weighted by Gasteiger charge is 2.23. The summed E-state index contributed by atoms with van der Waals surface area (Å²) in [6.45, 7) is 2.41. The lowest BCUT2D eigenvalue weighted by Crippen LogP contribution is -2.50. The Morgan fingerprint density at radius 2 is 1.61 bits per heavy atom. The number of piperazine rings is 1. The maximum atomic E-state index is 13.0. The summed E-state index contributed by atoms with van der Waals surface area (Å²) in [5, 5.41) is 16.0. The maximum Gasteiger partial charge on any atom is 0.321 e. The molecule has 8 nitrogen and oxygen atoms in total. The van der Waals surface area contributed by atoms with Crippen molar-refractivity contribution in [2.45, 2.75) is 0 Å². The second-order valence-electron chi connectivity index (χ2n) is 7.26. The molecule has 31 heavy (non-hydrogen) atoms. The Morgan fingerprint density at radius 3 is 2.35 bits per heavy atom. The van der Waals surface area contributed by atoms with Crippen LogP contribution in [0.2, 0.25) is 0 Å². The first-order chi connectivity index (χ1) is 15.2. The fourth-order valence-corrected chi connectivity index (χ4v) is 3.59. The van der Waals surface area contributed by atoms with Crippen LogP contribution in [0.15, 0.2) is 66.7 Å². The summed E-state index contributed by atoms with van der Waals surface area (Å²) < 4.78 is 14.8. The third-order valence-corrected chi connectivity index (χ3v) is 5.27. The van der Waals surface area contributed by atoms with Gasteiger partial charge in [-0.2, -0.15) is 4.52 Å². The van der Waals surface area contributed by atoms with E-state index in [1.807, 2.05) is 42.5 Å². The summed E-state index contributed by atoms with van der Waals surface area (Å²) in [7, 11) is 0. The number of halogens is 1. The fraction of sp³-hybridized carbons (Fsp3) is 0.182. The highest BCUT2D eigenvalue weighted by Crippen LogP contribution is 2.20. The number of hydrogen-bond donors (Lipinski definition) is 1. The Labute approximate surface area is 177 Å². The standard InChI is InChI=1S/C22H20FN7O/c23-17-6-8-18(9-7-17)24-22(31)29-14-12-28(13-15-29)20-11-10-19-25-26-21(30(19)27-20)16-4-2-1-3-5-16/h1-11H,12-15H2,(H,24,31). The molecule has 1 fully saturated rings. The molecule has 0 radical (unpaired) electrons. The zero-order chi connectivity index (χ0) is 21.2. The van der Waals surface area contributed by atoms with Gasteiger partial charge in [-0.3, -0.25) is 0 Å². The lowest BCUT2D eigenvalue weighted by molar-refractivity contribution is 0.208. The Bertz CT molecular complexity index is 1200. The summed E-state index contributed by atoms with van der Waals surface area (Å²) in [5.41, 5.74) is 2.20. The molecule has 0 aliphatic carbocycles. The number of carbonyl (C=O) groups excluding carboxylic acids is 1. The van der Waals surface area contributed by atoms with E-state index in [1.54, 1.807) is 21.5 Å². The molecule has 0 bridgehead atoms. The first kappa shape index (κ1) is 19.0. The lowest BCUT2D eigenvalue weighted by Gasteiger charge is -2.35. The second-order valence-corrected chi connectivity index (χ2v) is 7.26. The molecule has 2 aromatic heterocycles. The molecular formula is C22H20FN7O. The van der Waals surface area contributed by atoms with Gasteiger partial charge in [-0.05, 0) is 36.4 Å². The first-order valence-corrected chi connectivity index (χ1v) is 10.0. The van der Waals surface area contributed by atoms with Gasteiger partial charge in [0.2, 0.25) is 0 Å². The molecule has 5 rings (SSSR count). The first-order valence-electron chi connectivity index (χ1n) is 10.0. The van der Waals surface area contributed by atoms with Crippen molar-refractivity contribution in [3.8, 4) is 11.4 Å². The molecule has 9 heteroatoms. The Kier molecular flexibility index (Phi) is 4.91. The minimum Gasteiger partial charge on any atom is -0.352 e. The molecule has 2 aromatic carbocycles. The van der Waals surface area contributed by atoms with Crippen LogP contribution >= 0.6 is 0 Å². The number of carbonyl (C=O) groups is 1. The molecule has 156 valence electrons. The number of nitrogens with zero attached hydrogens (tertiary/aromatic N) is 6. The number of hydrogen-bond acceptors (Lipinski definition) is 5. The Hall–Kier alpha value is -4.01. The van der Waals surface area contributed by atoms with E-state index < -0.39 is 0 Å². The number of amides is 2. The van der Waals surface area contributed by atoms with Crippen LogP contribution in [0.5, 0.6) is 0 Å². The van der Waals surface area contributed by atoms with Crippen LogP contribution in [0.4, 0.5) is 20.7 Å². The predicted molar refractivity (Wildman–Crippen MR) is 115 cm³/mol. The van der Waals surface area contributed by atoms with Gasteiger partial charge < -0.3 is 15.1 Å². The van der Waals surface area contributed by atoms with Gasteiger partial charge in [0, 0.05) is 37.4 Å². The van der Waals surface area contributed by atoms with Gasteiger partial charge in [0.25, 0.3) is 0 Å². The molecule has 0 saturated carbocycles. The van der Waals surface area contributed by atoms with Gasteiger partial charge in [-0.1, -0.05) is 30.3 Å². The molecule has 1 aliphatic heterocycles. The third kappa shape index (κ3) is 3.89. The lowest BCUT2D eigenvalue weighted by atomic mass is 10.2.